The van der Waals surface area contributed by atoms with Gasteiger partial charge >= 0.3 is 0 Å². The molecule has 1 amide bonds. The van der Waals surface area contributed by atoms with Gasteiger partial charge in [0.2, 0.25) is 5.91 Å². The first kappa shape index (κ1) is 17.2. The van der Waals surface area contributed by atoms with Crippen LogP contribution in [-0.2, 0) is 16.1 Å². The molecule has 2 aromatic carbocycles. The van der Waals surface area contributed by atoms with Crippen molar-refractivity contribution < 1.29 is 9.53 Å². The zero-order chi connectivity index (χ0) is 18.9. The quantitative estimate of drug-likeness (QED) is 0.707. The predicted octanol–water partition coefficient (Wildman–Crippen LogP) is 3.24. The Morgan fingerprint density at radius 3 is 2.71 bits per heavy atom. The van der Waals surface area contributed by atoms with Crippen LogP contribution in [0.1, 0.15) is 12.0 Å². The molecule has 3 aromatic rings. The van der Waals surface area contributed by atoms with E-state index in [1.807, 2.05) is 47.5 Å². The maximum absolute atomic E-state index is 12.8. The minimum atomic E-state index is 0.0297. The highest BCUT2D eigenvalue weighted by Crippen LogP contribution is 2.32. The summed E-state index contributed by atoms with van der Waals surface area (Å²) in [4.78, 5) is 21.7. The van der Waals surface area contributed by atoms with Gasteiger partial charge in [0, 0.05) is 36.9 Å². The fourth-order valence-electron chi connectivity index (χ4n) is 4.38. The van der Waals surface area contributed by atoms with Gasteiger partial charge in [0.1, 0.15) is 0 Å². The SMILES string of the molecule is O=C1CCO[C@H]2CN(c3ccnc4ccccc34)C[C@@H]2N1Cc1ccccc1. The summed E-state index contributed by atoms with van der Waals surface area (Å²) < 4.78 is 6.11. The molecule has 2 aliphatic heterocycles. The van der Waals surface area contributed by atoms with E-state index in [1.54, 1.807) is 0 Å². The number of pyridine rings is 1. The minimum Gasteiger partial charge on any atom is -0.374 e. The molecule has 5 nitrogen and oxygen atoms in total. The van der Waals surface area contributed by atoms with Gasteiger partial charge in [-0.05, 0) is 17.7 Å². The molecule has 2 fully saturated rings. The Kier molecular flexibility index (Phi) is 4.45. The molecule has 28 heavy (non-hydrogen) atoms. The lowest BCUT2D eigenvalue weighted by Gasteiger charge is -2.30. The van der Waals surface area contributed by atoms with E-state index < -0.39 is 0 Å². The maximum Gasteiger partial charge on any atom is 0.225 e. The number of benzene rings is 2. The third-order valence-corrected chi connectivity index (χ3v) is 5.77. The molecule has 0 unspecified atom stereocenters. The van der Waals surface area contributed by atoms with Crippen molar-refractivity contribution in [3.8, 4) is 0 Å². The van der Waals surface area contributed by atoms with Crippen molar-refractivity contribution in [1.82, 2.24) is 9.88 Å². The summed E-state index contributed by atoms with van der Waals surface area (Å²) in [5, 5.41) is 1.14. The molecule has 0 spiro atoms. The lowest BCUT2D eigenvalue weighted by molar-refractivity contribution is -0.133. The van der Waals surface area contributed by atoms with Crippen molar-refractivity contribution in [2.24, 2.45) is 0 Å². The van der Waals surface area contributed by atoms with Gasteiger partial charge in [0.15, 0.2) is 0 Å². The Hall–Kier alpha value is -2.92. The van der Waals surface area contributed by atoms with Crippen molar-refractivity contribution in [3.05, 3.63) is 72.4 Å². The molecule has 0 aliphatic carbocycles. The number of rotatable bonds is 3. The van der Waals surface area contributed by atoms with Crippen LogP contribution in [0.3, 0.4) is 0 Å². The minimum absolute atomic E-state index is 0.0297. The lowest BCUT2D eigenvalue weighted by Crippen LogP contribution is -2.45. The first-order valence-electron chi connectivity index (χ1n) is 9.83. The highest BCUT2D eigenvalue weighted by molar-refractivity contribution is 5.91. The lowest BCUT2D eigenvalue weighted by atomic mass is 10.1. The summed E-state index contributed by atoms with van der Waals surface area (Å²) in [5.41, 5.74) is 3.31. The second-order valence-electron chi connectivity index (χ2n) is 7.49. The number of ether oxygens (including phenoxy) is 1. The van der Waals surface area contributed by atoms with Crippen molar-refractivity contribution in [2.75, 3.05) is 24.6 Å². The van der Waals surface area contributed by atoms with E-state index in [-0.39, 0.29) is 18.1 Å². The van der Waals surface area contributed by atoms with Gasteiger partial charge < -0.3 is 14.5 Å². The van der Waals surface area contributed by atoms with Crippen LogP contribution in [0.15, 0.2) is 66.9 Å². The summed E-state index contributed by atoms with van der Waals surface area (Å²) in [6.45, 7) is 2.69. The van der Waals surface area contributed by atoms with Crippen LogP contribution in [0.5, 0.6) is 0 Å². The summed E-state index contributed by atoms with van der Waals surface area (Å²) >= 11 is 0. The Bertz CT molecular complexity index is 986. The standard InChI is InChI=1S/C23H23N3O2/c27-23-11-13-28-22-16-25(20-10-12-24-19-9-5-4-8-18(19)20)15-21(22)26(23)14-17-6-2-1-3-7-17/h1-10,12,21-22H,11,13-16H2/t21-,22-/m0/s1. The van der Waals surface area contributed by atoms with Crippen molar-refractivity contribution >= 4 is 22.5 Å². The number of nitrogens with zero attached hydrogens (tertiary/aromatic N) is 3. The summed E-state index contributed by atoms with van der Waals surface area (Å²) in [7, 11) is 0. The van der Waals surface area contributed by atoms with E-state index in [0.29, 0.717) is 19.6 Å². The second-order valence-corrected chi connectivity index (χ2v) is 7.49. The van der Waals surface area contributed by atoms with Crippen LogP contribution in [0.2, 0.25) is 0 Å². The fraction of sp³-hybridized carbons (Fsp3) is 0.304. The van der Waals surface area contributed by atoms with Crippen molar-refractivity contribution in [1.29, 1.82) is 0 Å². The van der Waals surface area contributed by atoms with E-state index >= 15 is 0 Å². The maximum atomic E-state index is 12.8. The largest absolute Gasteiger partial charge is 0.374 e. The predicted molar refractivity (Wildman–Crippen MR) is 109 cm³/mol. The van der Waals surface area contributed by atoms with E-state index in [9.17, 15) is 4.79 Å². The fourth-order valence-corrected chi connectivity index (χ4v) is 4.38. The van der Waals surface area contributed by atoms with E-state index in [1.165, 1.54) is 0 Å². The highest BCUT2D eigenvalue weighted by atomic mass is 16.5. The molecule has 2 aliphatic rings. The molecule has 0 bridgehead atoms. The highest BCUT2D eigenvalue weighted by Gasteiger charge is 2.41. The average molecular weight is 373 g/mol. The topological polar surface area (TPSA) is 45.7 Å². The van der Waals surface area contributed by atoms with Crippen LogP contribution in [0, 0.1) is 0 Å². The molecule has 0 radical (unpaired) electrons. The third kappa shape index (κ3) is 3.12. The Labute approximate surface area is 164 Å². The van der Waals surface area contributed by atoms with Crippen LogP contribution in [0.25, 0.3) is 10.9 Å². The van der Waals surface area contributed by atoms with Gasteiger partial charge in [-0.1, -0.05) is 48.5 Å². The molecular formula is C23H23N3O2. The van der Waals surface area contributed by atoms with Crippen LogP contribution < -0.4 is 4.90 Å². The number of hydrogen-bond donors (Lipinski definition) is 0. The van der Waals surface area contributed by atoms with Crippen molar-refractivity contribution in [2.45, 2.75) is 25.1 Å². The molecule has 0 saturated carbocycles. The Morgan fingerprint density at radius 2 is 1.82 bits per heavy atom. The number of para-hydroxylation sites is 1. The number of anilines is 1. The molecule has 5 rings (SSSR count). The smallest absolute Gasteiger partial charge is 0.225 e. The van der Waals surface area contributed by atoms with Crippen molar-refractivity contribution in [3.63, 3.8) is 0 Å². The summed E-state index contributed by atoms with van der Waals surface area (Å²) in [6.07, 6.45) is 2.35. The normalized spacial score (nSPS) is 22.4. The van der Waals surface area contributed by atoms with E-state index in [0.717, 1.165) is 35.2 Å². The number of carbonyl (C=O) groups excluding carboxylic acids is 1. The molecule has 3 heterocycles. The summed E-state index contributed by atoms with van der Waals surface area (Å²) in [5.74, 6) is 0.179. The molecule has 2 saturated heterocycles. The second kappa shape index (κ2) is 7.24. The number of amides is 1. The number of carbonyl (C=O) groups is 1. The Morgan fingerprint density at radius 1 is 1.00 bits per heavy atom. The van der Waals surface area contributed by atoms with Gasteiger partial charge in [0.25, 0.3) is 0 Å². The van der Waals surface area contributed by atoms with Gasteiger partial charge in [-0.15, -0.1) is 0 Å². The zero-order valence-electron chi connectivity index (χ0n) is 15.7. The van der Waals surface area contributed by atoms with E-state index in [4.69, 9.17) is 4.74 Å². The first-order valence-corrected chi connectivity index (χ1v) is 9.83. The van der Waals surface area contributed by atoms with Gasteiger partial charge in [-0.25, -0.2) is 0 Å². The number of aromatic nitrogens is 1. The third-order valence-electron chi connectivity index (χ3n) is 5.77. The number of hydrogen-bond acceptors (Lipinski definition) is 4. The zero-order valence-corrected chi connectivity index (χ0v) is 15.7. The Balaban J connectivity index is 1.46. The molecule has 1 aromatic heterocycles. The molecule has 0 N–H and O–H groups in total. The molecule has 142 valence electrons. The number of fused-ring (bicyclic) bond motifs is 2. The molecular weight excluding hydrogens is 350 g/mol. The van der Waals surface area contributed by atoms with E-state index in [2.05, 4.69) is 34.1 Å². The average Bonchev–Trinajstić information content (AvgIpc) is 3.10. The first-order chi connectivity index (χ1) is 13.8. The molecule has 2 atom stereocenters. The van der Waals surface area contributed by atoms with Gasteiger partial charge in [0.05, 0.1) is 30.7 Å². The van der Waals surface area contributed by atoms with Crippen LogP contribution >= 0.6 is 0 Å². The summed E-state index contributed by atoms with van der Waals surface area (Å²) in [6, 6.07) is 20.5. The van der Waals surface area contributed by atoms with Gasteiger partial charge in [-0.3, -0.25) is 9.78 Å². The van der Waals surface area contributed by atoms with Crippen LogP contribution in [-0.4, -0.2) is 47.6 Å². The monoisotopic (exact) mass is 373 g/mol. The van der Waals surface area contributed by atoms with Crippen LogP contribution in [0.4, 0.5) is 5.69 Å². The molecule has 5 heteroatoms. The van der Waals surface area contributed by atoms with Gasteiger partial charge in [-0.2, -0.15) is 0 Å².